The van der Waals surface area contributed by atoms with Gasteiger partial charge in [-0.25, -0.2) is 4.90 Å². The van der Waals surface area contributed by atoms with Crippen LogP contribution in [0.3, 0.4) is 0 Å². The quantitative estimate of drug-likeness (QED) is 0.458. The van der Waals surface area contributed by atoms with Crippen molar-refractivity contribution in [3.63, 3.8) is 0 Å². The van der Waals surface area contributed by atoms with E-state index in [-0.39, 0.29) is 16.6 Å². The summed E-state index contributed by atoms with van der Waals surface area (Å²) in [5.41, 5.74) is 2.53. The van der Waals surface area contributed by atoms with Gasteiger partial charge in [0, 0.05) is 16.8 Å². The Morgan fingerprint density at radius 1 is 0.947 bits per heavy atom. The minimum absolute atomic E-state index is 0.0506. The summed E-state index contributed by atoms with van der Waals surface area (Å²) in [6.07, 6.45) is 0. The normalized spacial score (nSPS) is 16.3. The van der Waals surface area contributed by atoms with Gasteiger partial charge in [0.15, 0.2) is 0 Å². The molecular formula is C29H28ClN4O4+. The van der Waals surface area contributed by atoms with Crippen LogP contribution in [0.4, 0.5) is 11.4 Å². The molecule has 0 aromatic heterocycles. The third kappa shape index (κ3) is 5.14. The van der Waals surface area contributed by atoms with E-state index in [0.717, 1.165) is 24.5 Å². The van der Waals surface area contributed by atoms with Gasteiger partial charge in [0.05, 0.1) is 39.0 Å². The number of para-hydroxylation sites is 2. The molecule has 0 saturated carbocycles. The molecule has 0 unspecified atom stereocenters. The highest BCUT2D eigenvalue weighted by Crippen LogP contribution is 2.35. The highest BCUT2D eigenvalue weighted by Gasteiger charge is 2.40. The number of piperazine rings is 1. The molecule has 1 saturated heterocycles. The minimum Gasteiger partial charge on any atom is -0.495 e. The lowest BCUT2D eigenvalue weighted by molar-refractivity contribution is -0.917. The van der Waals surface area contributed by atoms with Gasteiger partial charge in [-0.15, -0.1) is 0 Å². The van der Waals surface area contributed by atoms with E-state index in [0.29, 0.717) is 35.8 Å². The molecule has 9 heteroatoms. The molecular weight excluding hydrogens is 504 g/mol. The van der Waals surface area contributed by atoms with Gasteiger partial charge >= 0.3 is 0 Å². The lowest BCUT2D eigenvalue weighted by Crippen LogP contribution is -3.13. The predicted octanol–water partition coefficient (Wildman–Crippen LogP) is 2.67. The number of methoxy groups -OCH3 is 1. The van der Waals surface area contributed by atoms with Crippen molar-refractivity contribution in [2.75, 3.05) is 43.5 Å². The molecule has 0 radical (unpaired) electrons. The first-order valence-corrected chi connectivity index (χ1v) is 12.8. The Kier molecular flexibility index (Phi) is 7.44. The summed E-state index contributed by atoms with van der Waals surface area (Å²) in [5.74, 6) is -0.944. The molecule has 3 aromatic carbocycles. The Morgan fingerprint density at radius 3 is 2.39 bits per heavy atom. The summed E-state index contributed by atoms with van der Waals surface area (Å²) in [6, 6.07) is 24.0. The maximum Gasteiger partial charge on any atom is 0.283 e. The lowest BCUT2D eigenvalue weighted by Gasteiger charge is -2.32. The van der Waals surface area contributed by atoms with E-state index in [9.17, 15) is 14.4 Å². The summed E-state index contributed by atoms with van der Waals surface area (Å²) in [5, 5.41) is 2.73. The zero-order valence-electron chi connectivity index (χ0n) is 20.9. The molecule has 3 amide bonds. The monoisotopic (exact) mass is 531 g/mol. The number of halogens is 1. The lowest BCUT2D eigenvalue weighted by atomic mass is 10.1. The Labute approximate surface area is 226 Å². The molecule has 2 N–H and O–H groups in total. The van der Waals surface area contributed by atoms with Gasteiger partial charge in [-0.05, 0) is 30.3 Å². The first kappa shape index (κ1) is 25.5. The molecule has 194 valence electrons. The van der Waals surface area contributed by atoms with Crippen LogP contribution in [0, 0.1) is 0 Å². The standard InChI is InChI=1S/C29H27ClN4O4/c1-38-24-13-6-5-12-23(24)34-28(36)25(30)26(29(34)37)31-22-11-7-10-21(18-22)27(35)33-16-14-32(15-17-33)19-20-8-3-2-4-9-20/h2-13,18,31H,14-17,19H2,1H3/p+1. The summed E-state index contributed by atoms with van der Waals surface area (Å²) < 4.78 is 5.31. The maximum atomic E-state index is 13.3. The second-order valence-electron chi connectivity index (χ2n) is 9.22. The van der Waals surface area contributed by atoms with Crippen LogP contribution < -0.4 is 19.9 Å². The molecule has 0 bridgehead atoms. The van der Waals surface area contributed by atoms with Crippen molar-refractivity contribution in [3.05, 3.63) is 101 Å². The number of amides is 3. The van der Waals surface area contributed by atoms with Gasteiger partial charge in [-0.1, -0.05) is 60.1 Å². The predicted molar refractivity (Wildman–Crippen MR) is 145 cm³/mol. The van der Waals surface area contributed by atoms with E-state index in [2.05, 4.69) is 17.4 Å². The van der Waals surface area contributed by atoms with E-state index >= 15 is 0 Å². The summed E-state index contributed by atoms with van der Waals surface area (Å²) in [4.78, 5) is 43.6. The molecule has 2 aliphatic rings. The smallest absolute Gasteiger partial charge is 0.283 e. The van der Waals surface area contributed by atoms with Crippen molar-refractivity contribution in [3.8, 4) is 5.75 Å². The van der Waals surface area contributed by atoms with Crippen molar-refractivity contribution < 1.29 is 24.0 Å². The fourth-order valence-electron chi connectivity index (χ4n) is 4.79. The molecule has 2 heterocycles. The van der Waals surface area contributed by atoms with Crippen LogP contribution in [0.25, 0.3) is 0 Å². The SMILES string of the molecule is COc1ccccc1N1C(=O)C(Cl)=C(Nc2cccc(C(=O)N3CC[NH+](Cc4ccccc4)CC3)c2)C1=O. The molecule has 3 aromatic rings. The number of hydrogen-bond acceptors (Lipinski definition) is 5. The molecule has 5 rings (SSSR count). The Bertz CT molecular complexity index is 1400. The number of benzene rings is 3. The Balaban J connectivity index is 1.26. The molecule has 0 atom stereocenters. The average molecular weight is 532 g/mol. The highest BCUT2D eigenvalue weighted by molar-refractivity contribution is 6.53. The highest BCUT2D eigenvalue weighted by atomic mass is 35.5. The Hall–Kier alpha value is -4.14. The van der Waals surface area contributed by atoms with E-state index in [1.54, 1.807) is 48.5 Å². The third-order valence-corrected chi connectivity index (χ3v) is 7.14. The summed E-state index contributed by atoms with van der Waals surface area (Å²) in [6.45, 7) is 4.01. The van der Waals surface area contributed by atoms with Crippen LogP contribution in [0.5, 0.6) is 5.75 Å². The average Bonchev–Trinajstić information content (AvgIpc) is 3.16. The van der Waals surface area contributed by atoms with Crippen molar-refractivity contribution in [1.82, 2.24) is 4.90 Å². The van der Waals surface area contributed by atoms with Gasteiger partial charge in [-0.3, -0.25) is 14.4 Å². The zero-order chi connectivity index (χ0) is 26.6. The molecule has 1 fully saturated rings. The second-order valence-corrected chi connectivity index (χ2v) is 9.59. The molecule has 8 nitrogen and oxygen atoms in total. The zero-order valence-corrected chi connectivity index (χ0v) is 21.7. The number of imide groups is 1. The summed E-state index contributed by atoms with van der Waals surface area (Å²) >= 11 is 6.30. The van der Waals surface area contributed by atoms with Crippen molar-refractivity contribution in [2.45, 2.75) is 6.54 Å². The number of carbonyl (C=O) groups excluding carboxylic acids is 3. The van der Waals surface area contributed by atoms with Crippen LogP contribution in [0.15, 0.2) is 89.6 Å². The fraction of sp³-hybridized carbons (Fsp3) is 0.207. The Morgan fingerprint density at radius 2 is 1.66 bits per heavy atom. The van der Waals surface area contributed by atoms with Gasteiger partial charge in [0.1, 0.15) is 23.0 Å². The van der Waals surface area contributed by atoms with E-state index in [1.807, 2.05) is 23.1 Å². The number of rotatable bonds is 7. The van der Waals surface area contributed by atoms with Crippen LogP contribution in [0.2, 0.25) is 0 Å². The number of nitrogens with one attached hydrogen (secondary N) is 2. The largest absolute Gasteiger partial charge is 0.495 e. The third-order valence-electron chi connectivity index (χ3n) is 6.79. The summed E-state index contributed by atoms with van der Waals surface area (Å²) in [7, 11) is 1.46. The first-order chi connectivity index (χ1) is 18.5. The molecule has 2 aliphatic heterocycles. The number of ether oxygens (including phenoxy) is 1. The van der Waals surface area contributed by atoms with Gasteiger partial charge in [-0.2, -0.15) is 0 Å². The van der Waals surface area contributed by atoms with Crippen molar-refractivity contribution in [1.29, 1.82) is 0 Å². The van der Waals surface area contributed by atoms with E-state index in [1.165, 1.54) is 17.6 Å². The van der Waals surface area contributed by atoms with Crippen molar-refractivity contribution in [2.24, 2.45) is 0 Å². The van der Waals surface area contributed by atoms with Crippen LogP contribution in [-0.4, -0.2) is 55.9 Å². The number of hydrogen-bond donors (Lipinski definition) is 2. The van der Waals surface area contributed by atoms with E-state index < -0.39 is 11.8 Å². The van der Waals surface area contributed by atoms with E-state index in [4.69, 9.17) is 16.3 Å². The first-order valence-electron chi connectivity index (χ1n) is 12.4. The maximum absolute atomic E-state index is 13.3. The van der Waals surface area contributed by atoms with Gasteiger partial charge in [0.2, 0.25) is 0 Å². The topological polar surface area (TPSA) is 83.4 Å². The number of anilines is 2. The van der Waals surface area contributed by atoms with Crippen molar-refractivity contribution >= 4 is 40.7 Å². The molecule has 0 spiro atoms. The van der Waals surface area contributed by atoms with Crippen LogP contribution >= 0.6 is 11.6 Å². The van der Waals surface area contributed by atoms with Gasteiger partial charge < -0.3 is 19.9 Å². The second kappa shape index (κ2) is 11.1. The molecule has 0 aliphatic carbocycles. The number of quaternary nitrogens is 1. The fourth-order valence-corrected chi connectivity index (χ4v) is 5.00. The van der Waals surface area contributed by atoms with Gasteiger partial charge in [0.25, 0.3) is 17.7 Å². The minimum atomic E-state index is -0.647. The van der Waals surface area contributed by atoms with Crippen LogP contribution in [-0.2, 0) is 16.1 Å². The van der Waals surface area contributed by atoms with Crippen LogP contribution in [0.1, 0.15) is 15.9 Å². The molecule has 38 heavy (non-hydrogen) atoms. The number of nitrogens with zero attached hydrogens (tertiary/aromatic N) is 2. The number of carbonyl (C=O) groups is 3.